The van der Waals surface area contributed by atoms with Gasteiger partial charge in [0.25, 0.3) is 0 Å². The number of nitrogens with one attached hydrogen (secondary N) is 3. The predicted molar refractivity (Wildman–Crippen MR) is 82.6 cm³/mol. The van der Waals surface area contributed by atoms with Gasteiger partial charge in [0, 0.05) is 17.1 Å². The molecule has 1 aliphatic heterocycles. The van der Waals surface area contributed by atoms with Gasteiger partial charge in [-0.15, -0.1) is 0 Å². The normalized spacial score (nSPS) is 12.5. The zero-order valence-corrected chi connectivity index (χ0v) is 11.9. The van der Waals surface area contributed by atoms with Crippen molar-refractivity contribution in [3.63, 3.8) is 0 Å². The summed E-state index contributed by atoms with van der Waals surface area (Å²) in [7, 11) is 0. The Balaban J connectivity index is 1.70. The van der Waals surface area contributed by atoms with E-state index in [1.165, 1.54) is 18.2 Å². The molecular formula is C16H14FN3O2. The minimum Gasteiger partial charge on any atom is -0.326 e. The predicted octanol–water partition coefficient (Wildman–Crippen LogP) is 3.27. The first-order valence-electron chi connectivity index (χ1n) is 6.78. The van der Waals surface area contributed by atoms with E-state index in [0.29, 0.717) is 23.4 Å². The number of benzene rings is 2. The van der Waals surface area contributed by atoms with Crippen LogP contribution in [0.15, 0.2) is 36.4 Å². The van der Waals surface area contributed by atoms with Crippen LogP contribution in [-0.4, -0.2) is 11.9 Å². The molecule has 0 saturated carbocycles. The molecule has 3 amide bonds. The van der Waals surface area contributed by atoms with E-state index in [1.807, 2.05) is 0 Å². The van der Waals surface area contributed by atoms with Crippen molar-refractivity contribution in [1.29, 1.82) is 0 Å². The zero-order valence-electron chi connectivity index (χ0n) is 11.9. The highest BCUT2D eigenvalue weighted by Crippen LogP contribution is 2.26. The molecule has 5 nitrogen and oxygen atoms in total. The van der Waals surface area contributed by atoms with Crippen LogP contribution in [0.1, 0.15) is 11.1 Å². The van der Waals surface area contributed by atoms with Crippen LogP contribution in [0.2, 0.25) is 0 Å². The second kappa shape index (κ2) is 5.48. The summed E-state index contributed by atoms with van der Waals surface area (Å²) < 4.78 is 13.0. The highest BCUT2D eigenvalue weighted by Gasteiger charge is 2.17. The summed E-state index contributed by atoms with van der Waals surface area (Å²) in [6.45, 7) is 1.71. The Hall–Kier alpha value is -2.89. The lowest BCUT2D eigenvalue weighted by Crippen LogP contribution is -2.20. The van der Waals surface area contributed by atoms with Gasteiger partial charge in [-0.2, -0.15) is 0 Å². The van der Waals surface area contributed by atoms with Gasteiger partial charge in [-0.25, -0.2) is 9.18 Å². The highest BCUT2D eigenvalue weighted by molar-refractivity contribution is 6.02. The number of carbonyl (C=O) groups excluding carboxylic acids is 2. The van der Waals surface area contributed by atoms with Crippen molar-refractivity contribution in [2.24, 2.45) is 0 Å². The molecule has 0 radical (unpaired) electrons. The smallest absolute Gasteiger partial charge is 0.323 e. The van der Waals surface area contributed by atoms with Crippen LogP contribution in [0.5, 0.6) is 0 Å². The monoisotopic (exact) mass is 299 g/mol. The number of fused-ring (bicyclic) bond motifs is 1. The molecule has 0 aliphatic carbocycles. The topological polar surface area (TPSA) is 70.2 Å². The zero-order chi connectivity index (χ0) is 15.7. The molecule has 22 heavy (non-hydrogen) atoms. The van der Waals surface area contributed by atoms with Crippen molar-refractivity contribution >= 4 is 29.0 Å². The molecule has 0 aromatic heterocycles. The quantitative estimate of drug-likeness (QED) is 0.796. The Morgan fingerprint density at radius 3 is 2.77 bits per heavy atom. The standard InChI is InChI=1S/C16H14FN3O2/c1-9-6-11(17)2-4-13(9)20-16(22)18-12-3-5-14-10(7-12)8-15(21)19-14/h2-7H,8H2,1H3,(H,19,21)(H2,18,20,22). The Morgan fingerprint density at radius 2 is 2.00 bits per heavy atom. The lowest BCUT2D eigenvalue weighted by Gasteiger charge is -2.10. The Bertz CT molecular complexity index is 774. The summed E-state index contributed by atoms with van der Waals surface area (Å²) in [5.41, 5.74) is 3.38. The van der Waals surface area contributed by atoms with E-state index in [-0.39, 0.29) is 11.7 Å². The third-order valence-electron chi connectivity index (χ3n) is 3.42. The van der Waals surface area contributed by atoms with Crippen molar-refractivity contribution in [3.8, 4) is 0 Å². The number of urea groups is 1. The first kappa shape index (κ1) is 14.1. The van der Waals surface area contributed by atoms with Gasteiger partial charge in [0.15, 0.2) is 0 Å². The number of hydrogen-bond donors (Lipinski definition) is 3. The van der Waals surface area contributed by atoms with Crippen molar-refractivity contribution in [3.05, 3.63) is 53.3 Å². The Labute approximate surface area is 126 Å². The van der Waals surface area contributed by atoms with Crippen molar-refractivity contribution in [1.82, 2.24) is 0 Å². The SMILES string of the molecule is Cc1cc(F)ccc1NC(=O)Nc1ccc2c(c1)CC(=O)N2. The number of anilines is 3. The maximum absolute atomic E-state index is 13.0. The van der Waals surface area contributed by atoms with Crippen LogP contribution in [-0.2, 0) is 11.2 Å². The molecular weight excluding hydrogens is 285 g/mol. The first-order valence-corrected chi connectivity index (χ1v) is 6.78. The van der Waals surface area contributed by atoms with Gasteiger partial charge in [-0.1, -0.05) is 0 Å². The molecule has 1 heterocycles. The molecule has 3 rings (SSSR count). The number of aryl methyl sites for hydroxylation is 1. The van der Waals surface area contributed by atoms with Crippen LogP contribution in [0.3, 0.4) is 0 Å². The van der Waals surface area contributed by atoms with Crippen LogP contribution in [0, 0.1) is 12.7 Å². The van der Waals surface area contributed by atoms with Gasteiger partial charge in [-0.3, -0.25) is 4.79 Å². The van der Waals surface area contributed by atoms with E-state index >= 15 is 0 Å². The van der Waals surface area contributed by atoms with E-state index in [1.54, 1.807) is 25.1 Å². The van der Waals surface area contributed by atoms with Crippen LogP contribution in [0.4, 0.5) is 26.2 Å². The molecule has 112 valence electrons. The van der Waals surface area contributed by atoms with Gasteiger partial charge in [-0.05, 0) is 54.4 Å². The fourth-order valence-corrected chi connectivity index (χ4v) is 2.36. The number of hydrogen-bond acceptors (Lipinski definition) is 2. The summed E-state index contributed by atoms with van der Waals surface area (Å²) in [5, 5.41) is 8.08. The maximum atomic E-state index is 13.0. The minimum absolute atomic E-state index is 0.0569. The number of halogens is 1. The lowest BCUT2D eigenvalue weighted by molar-refractivity contribution is -0.115. The largest absolute Gasteiger partial charge is 0.326 e. The van der Waals surface area contributed by atoms with Crippen LogP contribution >= 0.6 is 0 Å². The number of amides is 3. The third kappa shape index (κ3) is 2.90. The van der Waals surface area contributed by atoms with Crippen LogP contribution in [0.25, 0.3) is 0 Å². The van der Waals surface area contributed by atoms with E-state index in [4.69, 9.17) is 0 Å². The van der Waals surface area contributed by atoms with Crippen molar-refractivity contribution < 1.29 is 14.0 Å². The van der Waals surface area contributed by atoms with E-state index in [2.05, 4.69) is 16.0 Å². The summed E-state index contributed by atoms with van der Waals surface area (Å²) in [4.78, 5) is 23.3. The lowest BCUT2D eigenvalue weighted by atomic mass is 10.1. The molecule has 1 aliphatic rings. The molecule has 2 aromatic carbocycles. The fraction of sp³-hybridized carbons (Fsp3) is 0.125. The number of rotatable bonds is 2. The Morgan fingerprint density at radius 1 is 1.18 bits per heavy atom. The fourth-order valence-electron chi connectivity index (χ4n) is 2.36. The molecule has 6 heteroatoms. The number of carbonyl (C=O) groups is 2. The molecule has 0 fully saturated rings. The summed E-state index contributed by atoms with van der Waals surface area (Å²) >= 11 is 0. The van der Waals surface area contributed by atoms with E-state index < -0.39 is 6.03 Å². The molecule has 0 bridgehead atoms. The van der Waals surface area contributed by atoms with Gasteiger partial charge in [0.1, 0.15) is 5.82 Å². The highest BCUT2D eigenvalue weighted by atomic mass is 19.1. The van der Waals surface area contributed by atoms with Crippen molar-refractivity contribution in [2.45, 2.75) is 13.3 Å². The van der Waals surface area contributed by atoms with Crippen molar-refractivity contribution in [2.75, 3.05) is 16.0 Å². The van der Waals surface area contributed by atoms with E-state index in [9.17, 15) is 14.0 Å². The first-order chi connectivity index (χ1) is 10.5. The van der Waals surface area contributed by atoms with Gasteiger partial charge < -0.3 is 16.0 Å². The molecule has 0 spiro atoms. The second-order valence-corrected chi connectivity index (χ2v) is 5.14. The average molecular weight is 299 g/mol. The van der Waals surface area contributed by atoms with Gasteiger partial charge >= 0.3 is 6.03 Å². The van der Waals surface area contributed by atoms with Crippen LogP contribution < -0.4 is 16.0 Å². The molecule has 0 unspecified atom stereocenters. The summed E-state index contributed by atoms with van der Waals surface area (Å²) in [5.74, 6) is -0.405. The van der Waals surface area contributed by atoms with Gasteiger partial charge in [0.05, 0.1) is 6.42 Å². The third-order valence-corrected chi connectivity index (χ3v) is 3.42. The molecule has 2 aromatic rings. The Kier molecular flexibility index (Phi) is 3.50. The van der Waals surface area contributed by atoms with Gasteiger partial charge in [0.2, 0.25) is 5.91 Å². The summed E-state index contributed by atoms with van der Waals surface area (Å²) in [6, 6.07) is 8.93. The second-order valence-electron chi connectivity index (χ2n) is 5.14. The summed E-state index contributed by atoms with van der Waals surface area (Å²) in [6.07, 6.45) is 0.309. The molecule has 3 N–H and O–H groups in total. The maximum Gasteiger partial charge on any atom is 0.323 e. The minimum atomic E-state index is -0.424. The molecule has 0 atom stereocenters. The molecule has 0 saturated heterocycles. The average Bonchev–Trinajstić information content (AvgIpc) is 2.81. The van der Waals surface area contributed by atoms with E-state index in [0.717, 1.165) is 11.3 Å².